The molecular weight excluding hydrogens is 446 g/mol. The molecule has 32 heavy (non-hydrogen) atoms. The number of fused-ring (bicyclic) bond motifs is 1. The van der Waals surface area contributed by atoms with Crippen LogP contribution in [0, 0.1) is 12.3 Å². The molecule has 0 radical (unpaired) electrons. The second-order valence-corrected chi connectivity index (χ2v) is 10.3. The molecule has 0 aliphatic heterocycles. The van der Waals surface area contributed by atoms with Crippen LogP contribution in [0.5, 0.6) is 5.75 Å². The highest BCUT2D eigenvalue weighted by Gasteiger charge is 2.23. The van der Waals surface area contributed by atoms with E-state index in [0.717, 1.165) is 16.0 Å². The third-order valence-corrected chi connectivity index (χ3v) is 8.01. The summed E-state index contributed by atoms with van der Waals surface area (Å²) < 4.78 is 34.8. The van der Waals surface area contributed by atoms with Gasteiger partial charge in [0, 0.05) is 18.7 Å². The van der Waals surface area contributed by atoms with Gasteiger partial charge in [0.15, 0.2) is 4.80 Å². The summed E-state index contributed by atoms with van der Waals surface area (Å²) in [5.74, 6) is 2.85. The van der Waals surface area contributed by atoms with Crippen molar-refractivity contribution in [2.45, 2.75) is 38.3 Å². The first-order valence-corrected chi connectivity index (χ1v) is 12.3. The van der Waals surface area contributed by atoms with Crippen LogP contribution in [0.2, 0.25) is 0 Å². The Kier molecular flexibility index (Phi) is 7.19. The molecule has 168 valence electrons. The average Bonchev–Trinajstić information content (AvgIpc) is 3.09. The smallest absolute Gasteiger partial charge is 0.279 e. The van der Waals surface area contributed by atoms with Crippen LogP contribution < -0.4 is 9.54 Å². The van der Waals surface area contributed by atoms with E-state index < -0.39 is 15.9 Å². The number of hydrogen-bond donors (Lipinski definition) is 0. The van der Waals surface area contributed by atoms with E-state index in [0.29, 0.717) is 11.4 Å². The fourth-order valence-corrected chi connectivity index (χ4v) is 5.43. The molecule has 0 saturated heterocycles. The van der Waals surface area contributed by atoms with Gasteiger partial charge < -0.3 is 9.30 Å². The number of hydrogen-bond acceptors (Lipinski definition) is 5. The first kappa shape index (κ1) is 23.7. The summed E-state index contributed by atoms with van der Waals surface area (Å²) in [6, 6.07) is 11.2. The number of rotatable bonds is 7. The molecule has 7 nitrogen and oxygen atoms in total. The second kappa shape index (κ2) is 9.69. The molecule has 0 aliphatic carbocycles. The van der Waals surface area contributed by atoms with E-state index in [-0.39, 0.29) is 23.0 Å². The molecule has 3 rings (SSSR count). The molecule has 0 unspecified atom stereocenters. The SMILES string of the molecule is C#CCn1c(=NC(=O)c2ccc(S(=O)(=O)N(C)C(C)C)cc2)sc2cc(OCC)ccc21. The van der Waals surface area contributed by atoms with Crippen LogP contribution in [-0.2, 0) is 16.6 Å². The van der Waals surface area contributed by atoms with Crippen molar-refractivity contribution in [1.29, 1.82) is 0 Å². The highest BCUT2D eigenvalue weighted by molar-refractivity contribution is 7.89. The summed E-state index contributed by atoms with van der Waals surface area (Å²) in [7, 11) is -2.10. The topological polar surface area (TPSA) is 81.0 Å². The molecule has 0 spiro atoms. The van der Waals surface area contributed by atoms with E-state index in [1.807, 2.05) is 25.1 Å². The first-order chi connectivity index (χ1) is 15.2. The summed E-state index contributed by atoms with van der Waals surface area (Å²) in [6.45, 7) is 6.31. The average molecular weight is 472 g/mol. The number of benzene rings is 2. The van der Waals surface area contributed by atoms with Crippen molar-refractivity contribution in [2.75, 3.05) is 13.7 Å². The third kappa shape index (κ3) is 4.78. The lowest BCUT2D eigenvalue weighted by atomic mass is 10.2. The summed E-state index contributed by atoms with van der Waals surface area (Å²) in [5.41, 5.74) is 1.15. The van der Waals surface area contributed by atoms with Gasteiger partial charge in [-0.1, -0.05) is 17.3 Å². The van der Waals surface area contributed by atoms with Crippen LogP contribution in [0.4, 0.5) is 0 Å². The van der Waals surface area contributed by atoms with Gasteiger partial charge in [-0.3, -0.25) is 4.79 Å². The van der Waals surface area contributed by atoms with E-state index in [1.54, 1.807) is 18.4 Å². The lowest BCUT2D eigenvalue weighted by Crippen LogP contribution is -2.33. The van der Waals surface area contributed by atoms with Gasteiger partial charge in [-0.2, -0.15) is 9.30 Å². The van der Waals surface area contributed by atoms with Crippen molar-refractivity contribution in [3.63, 3.8) is 0 Å². The maximum atomic E-state index is 12.8. The van der Waals surface area contributed by atoms with E-state index in [1.165, 1.54) is 47.0 Å². The molecule has 2 aromatic carbocycles. The van der Waals surface area contributed by atoms with E-state index >= 15 is 0 Å². The number of aromatic nitrogens is 1. The Labute approximate surface area is 192 Å². The van der Waals surface area contributed by atoms with Gasteiger partial charge in [0.2, 0.25) is 10.0 Å². The maximum absolute atomic E-state index is 12.8. The van der Waals surface area contributed by atoms with Gasteiger partial charge in [0.1, 0.15) is 5.75 Å². The van der Waals surface area contributed by atoms with Crippen molar-refractivity contribution in [3.8, 4) is 18.1 Å². The summed E-state index contributed by atoms with van der Waals surface area (Å²) in [6.07, 6.45) is 5.52. The van der Waals surface area contributed by atoms with Crippen LogP contribution in [0.3, 0.4) is 0 Å². The molecule has 1 heterocycles. The molecule has 1 amide bonds. The fourth-order valence-electron chi connectivity index (χ4n) is 3.00. The van der Waals surface area contributed by atoms with Crippen LogP contribution in [0.15, 0.2) is 52.4 Å². The van der Waals surface area contributed by atoms with Gasteiger partial charge in [-0.05, 0) is 63.2 Å². The predicted molar refractivity (Wildman–Crippen MR) is 126 cm³/mol. The van der Waals surface area contributed by atoms with Crippen molar-refractivity contribution >= 4 is 37.5 Å². The number of ether oxygens (including phenoxy) is 1. The summed E-state index contributed by atoms with van der Waals surface area (Å²) >= 11 is 1.34. The normalized spacial score (nSPS) is 12.5. The minimum atomic E-state index is -3.62. The molecule has 0 atom stereocenters. The molecular formula is C23H25N3O4S2. The summed E-state index contributed by atoms with van der Waals surface area (Å²) in [5, 5.41) is 0. The van der Waals surface area contributed by atoms with Crippen LogP contribution in [0.25, 0.3) is 10.2 Å². The zero-order valence-electron chi connectivity index (χ0n) is 18.4. The number of amides is 1. The Morgan fingerprint density at radius 1 is 1.25 bits per heavy atom. The highest BCUT2D eigenvalue weighted by atomic mass is 32.2. The number of carbonyl (C=O) groups is 1. The number of terminal acetylenes is 1. The van der Waals surface area contributed by atoms with Crippen LogP contribution >= 0.6 is 11.3 Å². The molecule has 3 aromatic rings. The summed E-state index contributed by atoms with van der Waals surface area (Å²) in [4.78, 5) is 17.7. The standard InChI is InChI=1S/C23H25N3O4S2/c1-6-14-26-20-13-10-18(30-7-2)15-21(20)31-23(26)24-22(27)17-8-11-19(12-9-17)32(28,29)25(5)16(3)4/h1,8-13,15-16H,7,14H2,2-5H3. The zero-order valence-corrected chi connectivity index (χ0v) is 20.0. The van der Waals surface area contributed by atoms with E-state index in [4.69, 9.17) is 11.2 Å². The van der Waals surface area contributed by atoms with Crippen LogP contribution in [0.1, 0.15) is 31.1 Å². The number of sulfonamides is 1. The Balaban J connectivity index is 1.99. The molecule has 1 aromatic heterocycles. The number of carbonyl (C=O) groups excluding carboxylic acids is 1. The molecule has 0 bridgehead atoms. The molecule has 0 saturated carbocycles. The van der Waals surface area contributed by atoms with Crippen molar-refractivity contribution in [2.24, 2.45) is 4.99 Å². The largest absolute Gasteiger partial charge is 0.494 e. The van der Waals surface area contributed by atoms with Gasteiger partial charge in [0.05, 0.1) is 28.3 Å². The Morgan fingerprint density at radius 2 is 1.94 bits per heavy atom. The third-order valence-electron chi connectivity index (χ3n) is 4.92. The minimum Gasteiger partial charge on any atom is -0.494 e. The molecule has 9 heteroatoms. The monoisotopic (exact) mass is 471 g/mol. The van der Waals surface area contributed by atoms with Crippen molar-refractivity contribution in [3.05, 3.63) is 52.8 Å². The van der Waals surface area contributed by atoms with Gasteiger partial charge in [-0.15, -0.1) is 6.42 Å². The maximum Gasteiger partial charge on any atom is 0.279 e. The van der Waals surface area contributed by atoms with Crippen LogP contribution in [-0.4, -0.2) is 42.9 Å². The fraction of sp³-hybridized carbons (Fsp3) is 0.304. The Bertz CT molecular complexity index is 1340. The molecule has 0 N–H and O–H groups in total. The van der Waals surface area contributed by atoms with E-state index in [9.17, 15) is 13.2 Å². The lowest BCUT2D eigenvalue weighted by molar-refractivity contribution is 0.0997. The highest BCUT2D eigenvalue weighted by Crippen LogP contribution is 2.24. The quantitative estimate of drug-likeness (QED) is 0.494. The van der Waals surface area contributed by atoms with Gasteiger partial charge >= 0.3 is 0 Å². The second-order valence-electron chi connectivity index (χ2n) is 7.29. The Morgan fingerprint density at radius 3 is 2.53 bits per heavy atom. The van der Waals surface area contributed by atoms with Crippen molar-refractivity contribution in [1.82, 2.24) is 8.87 Å². The lowest BCUT2D eigenvalue weighted by Gasteiger charge is -2.20. The number of nitrogens with zero attached hydrogens (tertiary/aromatic N) is 3. The Hall–Kier alpha value is -2.93. The minimum absolute atomic E-state index is 0.123. The van der Waals surface area contributed by atoms with Crippen molar-refractivity contribution < 1.29 is 17.9 Å². The molecule has 0 aliphatic rings. The predicted octanol–water partition coefficient (Wildman–Crippen LogP) is 3.50. The first-order valence-electron chi connectivity index (χ1n) is 10.1. The van der Waals surface area contributed by atoms with Gasteiger partial charge in [-0.25, -0.2) is 8.42 Å². The number of thiazole rings is 1. The molecule has 0 fully saturated rings. The van der Waals surface area contributed by atoms with Gasteiger partial charge in [0.25, 0.3) is 5.91 Å². The van der Waals surface area contributed by atoms with E-state index in [2.05, 4.69) is 10.9 Å². The zero-order chi connectivity index (χ0) is 23.5.